The molecule has 1 amide bonds. The molecule has 0 spiro atoms. The number of nitrogens with zero attached hydrogens (tertiary/aromatic N) is 5. The number of hydrogen-bond acceptors (Lipinski definition) is 7. The van der Waals surface area contributed by atoms with Crippen molar-refractivity contribution in [1.29, 1.82) is 0 Å². The molecule has 0 bridgehead atoms. The summed E-state index contributed by atoms with van der Waals surface area (Å²) in [6.45, 7) is 1.17. The van der Waals surface area contributed by atoms with E-state index in [0.717, 1.165) is 5.56 Å². The molecule has 1 aromatic carbocycles. The van der Waals surface area contributed by atoms with Crippen molar-refractivity contribution in [2.75, 3.05) is 32.6 Å². The van der Waals surface area contributed by atoms with Gasteiger partial charge in [-0.1, -0.05) is 0 Å². The summed E-state index contributed by atoms with van der Waals surface area (Å²) in [7, 11) is 4.97. The lowest BCUT2D eigenvalue weighted by atomic mass is 10.1. The smallest absolute Gasteiger partial charge is 0.272 e. The van der Waals surface area contributed by atoms with Gasteiger partial charge >= 0.3 is 0 Å². The van der Waals surface area contributed by atoms with Crippen LogP contribution in [0.2, 0.25) is 0 Å². The molecule has 1 fully saturated rings. The number of methoxy groups -OCH3 is 2. The number of rotatable bonds is 6. The molecule has 0 aliphatic carbocycles. The Balaban J connectivity index is 1.48. The molecule has 0 saturated carbocycles. The van der Waals surface area contributed by atoms with Crippen LogP contribution in [0, 0.1) is 0 Å². The van der Waals surface area contributed by atoms with Crippen molar-refractivity contribution in [1.82, 2.24) is 24.6 Å². The van der Waals surface area contributed by atoms with E-state index in [0.29, 0.717) is 41.9 Å². The predicted octanol–water partition coefficient (Wildman–Crippen LogP) is 1.83. The molecule has 9 heteroatoms. The van der Waals surface area contributed by atoms with Gasteiger partial charge in [-0.05, 0) is 30.3 Å². The van der Waals surface area contributed by atoms with E-state index in [1.807, 2.05) is 18.2 Å². The highest BCUT2D eigenvalue weighted by atomic mass is 16.5. The molecular weight excluding hydrogens is 372 g/mol. The van der Waals surface area contributed by atoms with Gasteiger partial charge in [-0.2, -0.15) is 5.10 Å². The number of likely N-dealkylation sites (tertiary alicyclic amines) is 1. The van der Waals surface area contributed by atoms with Crippen LogP contribution in [0.3, 0.4) is 0 Å². The van der Waals surface area contributed by atoms with E-state index < -0.39 is 0 Å². The van der Waals surface area contributed by atoms with Gasteiger partial charge in [0.15, 0.2) is 0 Å². The maximum Gasteiger partial charge on any atom is 0.272 e. The number of aromatic nitrogens is 4. The van der Waals surface area contributed by atoms with E-state index in [-0.39, 0.29) is 11.9 Å². The molecule has 1 saturated heterocycles. The Morgan fingerprint density at radius 2 is 1.90 bits per heavy atom. The van der Waals surface area contributed by atoms with Gasteiger partial charge in [0, 0.05) is 38.1 Å². The Kier molecular flexibility index (Phi) is 5.03. The van der Waals surface area contributed by atoms with Crippen molar-refractivity contribution < 1.29 is 14.3 Å². The Hall–Kier alpha value is -3.62. The van der Waals surface area contributed by atoms with Gasteiger partial charge in [-0.15, -0.1) is 0 Å². The van der Waals surface area contributed by atoms with Crippen molar-refractivity contribution >= 4 is 11.9 Å². The molecule has 29 heavy (non-hydrogen) atoms. The number of carbonyl (C=O) groups excluding carboxylic acids is 1. The molecular formula is C20H22N6O3. The largest absolute Gasteiger partial charge is 0.497 e. The van der Waals surface area contributed by atoms with E-state index in [2.05, 4.69) is 20.4 Å². The number of amides is 1. The van der Waals surface area contributed by atoms with Crippen LogP contribution < -0.4 is 14.8 Å². The standard InChI is InChI=1S/C20H22N6O3/c1-25-17(10-16(24-25)15-9-14(28-2)5-6-18(15)29-3)19(27)26-11-13(12-26)23-20-21-7-4-8-22-20/h4-10,13H,11-12H2,1-3H3,(H,21,22,23). The van der Waals surface area contributed by atoms with Crippen LogP contribution in [-0.4, -0.2) is 63.9 Å². The van der Waals surface area contributed by atoms with Crippen LogP contribution >= 0.6 is 0 Å². The van der Waals surface area contributed by atoms with Crippen molar-refractivity contribution in [3.05, 3.63) is 48.4 Å². The first-order valence-electron chi connectivity index (χ1n) is 9.18. The molecule has 0 unspecified atom stereocenters. The van der Waals surface area contributed by atoms with Crippen LogP contribution in [0.15, 0.2) is 42.7 Å². The summed E-state index contributed by atoms with van der Waals surface area (Å²) < 4.78 is 12.3. The van der Waals surface area contributed by atoms with Crippen LogP contribution in [0.5, 0.6) is 11.5 Å². The predicted molar refractivity (Wildman–Crippen MR) is 107 cm³/mol. The number of nitrogens with one attached hydrogen (secondary N) is 1. The summed E-state index contributed by atoms with van der Waals surface area (Å²) in [6, 6.07) is 9.16. The van der Waals surface area contributed by atoms with Crippen LogP contribution in [0.1, 0.15) is 10.5 Å². The van der Waals surface area contributed by atoms with Gasteiger partial charge in [-0.3, -0.25) is 9.48 Å². The first kappa shape index (κ1) is 18.7. The van der Waals surface area contributed by atoms with E-state index in [4.69, 9.17) is 9.47 Å². The fourth-order valence-corrected chi connectivity index (χ4v) is 3.27. The monoisotopic (exact) mass is 394 g/mol. The molecule has 1 aliphatic heterocycles. The first-order chi connectivity index (χ1) is 14.1. The van der Waals surface area contributed by atoms with E-state index in [1.165, 1.54) is 0 Å². The Bertz CT molecular complexity index is 1010. The second-order valence-corrected chi connectivity index (χ2v) is 6.73. The number of hydrogen-bond donors (Lipinski definition) is 1. The topological polar surface area (TPSA) is 94.4 Å². The van der Waals surface area contributed by atoms with Crippen molar-refractivity contribution in [3.8, 4) is 22.8 Å². The van der Waals surface area contributed by atoms with Crippen LogP contribution in [-0.2, 0) is 7.05 Å². The Morgan fingerprint density at radius 3 is 2.59 bits per heavy atom. The molecule has 0 radical (unpaired) electrons. The number of ether oxygens (including phenoxy) is 2. The van der Waals surface area contributed by atoms with Gasteiger partial charge in [-0.25, -0.2) is 9.97 Å². The minimum atomic E-state index is -0.0693. The summed E-state index contributed by atoms with van der Waals surface area (Å²) in [4.78, 5) is 23.0. The maximum absolute atomic E-state index is 12.9. The fraction of sp³-hybridized carbons (Fsp3) is 0.300. The lowest BCUT2D eigenvalue weighted by molar-refractivity contribution is 0.0613. The zero-order valence-corrected chi connectivity index (χ0v) is 16.5. The van der Waals surface area contributed by atoms with Gasteiger partial charge in [0.2, 0.25) is 5.95 Å². The Labute approximate surface area is 168 Å². The van der Waals surface area contributed by atoms with Crippen LogP contribution in [0.4, 0.5) is 5.95 Å². The number of benzene rings is 1. The third-order valence-corrected chi connectivity index (χ3v) is 4.85. The summed E-state index contributed by atoms with van der Waals surface area (Å²) in [6.07, 6.45) is 3.36. The van der Waals surface area contributed by atoms with Crippen molar-refractivity contribution in [2.45, 2.75) is 6.04 Å². The Morgan fingerprint density at radius 1 is 1.14 bits per heavy atom. The summed E-state index contributed by atoms with van der Waals surface area (Å²) in [5.74, 6) is 1.86. The van der Waals surface area contributed by atoms with Crippen molar-refractivity contribution in [2.24, 2.45) is 7.05 Å². The normalized spacial score (nSPS) is 13.7. The molecule has 3 aromatic rings. The molecule has 9 nitrogen and oxygen atoms in total. The van der Waals surface area contributed by atoms with E-state index >= 15 is 0 Å². The van der Waals surface area contributed by atoms with Crippen molar-refractivity contribution in [3.63, 3.8) is 0 Å². The van der Waals surface area contributed by atoms with Gasteiger partial charge < -0.3 is 19.7 Å². The zero-order valence-electron chi connectivity index (χ0n) is 16.5. The first-order valence-corrected chi connectivity index (χ1v) is 9.18. The second-order valence-electron chi connectivity index (χ2n) is 6.73. The molecule has 1 aliphatic rings. The maximum atomic E-state index is 12.9. The zero-order chi connectivity index (χ0) is 20.4. The summed E-state index contributed by atoms with van der Waals surface area (Å²) in [5, 5.41) is 7.73. The van der Waals surface area contributed by atoms with Gasteiger partial charge in [0.1, 0.15) is 17.2 Å². The third-order valence-electron chi connectivity index (χ3n) is 4.85. The fourth-order valence-electron chi connectivity index (χ4n) is 3.27. The minimum Gasteiger partial charge on any atom is -0.497 e. The summed E-state index contributed by atoms with van der Waals surface area (Å²) >= 11 is 0. The second kappa shape index (κ2) is 7.78. The van der Waals surface area contributed by atoms with Crippen LogP contribution in [0.25, 0.3) is 11.3 Å². The molecule has 150 valence electrons. The lowest BCUT2D eigenvalue weighted by Gasteiger charge is -2.39. The highest BCUT2D eigenvalue weighted by Crippen LogP contribution is 2.33. The average Bonchev–Trinajstić information content (AvgIpc) is 3.11. The SMILES string of the molecule is COc1ccc(OC)c(-c2cc(C(=O)N3CC(Nc4ncccn4)C3)n(C)n2)c1. The highest BCUT2D eigenvalue weighted by molar-refractivity contribution is 5.94. The molecule has 3 heterocycles. The number of aryl methyl sites for hydroxylation is 1. The summed E-state index contributed by atoms with van der Waals surface area (Å²) in [5.41, 5.74) is 1.93. The van der Waals surface area contributed by atoms with Gasteiger partial charge in [0.05, 0.1) is 26.0 Å². The molecule has 1 N–H and O–H groups in total. The average molecular weight is 394 g/mol. The number of carbonyl (C=O) groups is 1. The van der Waals surface area contributed by atoms with Gasteiger partial charge in [0.25, 0.3) is 5.91 Å². The third kappa shape index (κ3) is 3.71. The minimum absolute atomic E-state index is 0.0693. The molecule has 4 rings (SSSR count). The quantitative estimate of drug-likeness (QED) is 0.682. The van der Waals surface area contributed by atoms with E-state index in [9.17, 15) is 4.79 Å². The molecule has 2 aromatic heterocycles. The van der Waals surface area contributed by atoms with E-state index in [1.54, 1.807) is 55.4 Å². The number of anilines is 1. The molecule has 0 atom stereocenters. The lowest BCUT2D eigenvalue weighted by Crippen LogP contribution is -2.57. The highest BCUT2D eigenvalue weighted by Gasteiger charge is 2.33.